The number of benzene rings is 1. The third-order valence-electron chi connectivity index (χ3n) is 1.79. The van der Waals surface area contributed by atoms with Gasteiger partial charge in [-0.05, 0) is 18.2 Å². The van der Waals surface area contributed by atoms with Crippen molar-refractivity contribution in [2.45, 2.75) is 4.90 Å². The normalized spacial score (nSPS) is 10.8. The second-order valence-corrected chi connectivity index (χ2v) is 5.04. The second kappa shape index (κ2) is 5.80. The first kappa shape index (κ1) is 14.4. The molecule has 4 N–H and O–H groups in total. The van der Waals surface area contributed by atoms with Crippen molar-refractivity contribution >= 4 is 39.2 Å². The van der Waals surface area contributed by atoms with Crippen LogP contribution in [-0.4, -0.2) is 26.2 Å². The number of alkyl halides is 1. The summed E-state index contributed by atoms with van der Waals surface area (Å²) < 4.78 is 22.1. The Balaban J connectivity index is 2.80. The minimum atomic E-state index is -3.85. The second-order valence-electron chi connectivity index (χ2n) is 3.21. The summed E-state index contributed by atoms with van der Waals surface area (Å²) in [6.07, 6.45) is 0. The number of nitrogens with one attached hydrogen (secondary N) is 2. The van der Waals surface area contributed by atoms with Gasteiger partial charge in [0.1, 0.15) is 5.88 Å². The summed E-state index contributed by atoms with van der Waals surface area (Å²) in [4.78, 5) is 21.9. The largest absolute Gasteiger partial charge is 0.325 e. The molecule has 0 fully saturated rings. The summed E-state index contributed by atoms with van der Waals surface area (Å²) >= 11 is 5.20. The van der Waals surface area contributed by atoms with Crippen LogP contribution in [0.15, 0.2) is 29.2 Å². The predicted octanol–water partition coefficient (Wildman–Crippen LogP) is 0.221. The Labute approximate surface area is 108 Å². The maximum Gasteiger partial charge on any atom is 0.325 e. The first-order valence-corrected chi connectivity index (χ1v) is 6.70. The van der Waals surface area contributed by atoms with Crippen molar-refractivity contribution in [2.24, 2.45) is 5.14 Å². The first-order chi connectivity index (χ1) is 8.32. The number of halogens is 1. The molecule has 1 aromatic rings. The molecule has 0 aromatic heterocycles. The number of anilines is 1. The Kier molecular flexibility index (Phi) is 4.65. The third kappa shape index (κ3) is 4.32. The molecule has 0 saturated heterocycles. The fourth-order valence-corrected chi connectivity index (χ4v) is 1.70. The van der Waals surface area contributed by atoms with Crippen molar-refractivity contribution in [1.82, 2.24) is 5.32 Å². The van der Waals surface area contributed by atoms with Gasteiger partial charge in [0.25, 0.3) is 0 Å². The van der Waals surface area contributed by atoms with Gasteiger partial charge < -0.3 is 5.32 Å². The smallest absolute Gasteiger partial charge is 0.308 e. The van der Waals surface area contributed by atoms with Gasteiger partial charge in [-0.3, -0.25) is 10.1 Å². The van der Waals surface area contributed by atoms with E-state index < -0.39 is 22.0 Å². The minimum Gasteiger partial charge on any atom is -0.308 e. The van der Waals surface area contributed by atoms with Crippen LogP contribution in [0.5, 0.6) is 0 Å². The highest BCUT2D eigenvalue weighted by Gasteiger charge is 2.10. The van der Waals surface area contributed by atoms with Crippen LogP contribution in [0.4, 0.5) is 10.5 Å². The van der Waals surface area contributed by atoms with Gasteiger partial charge in [-0.2, -0.15) is 0 Å². The van der Waals surface area contributed by atoms with E-state index in [1.165, 1.54) is 24.3 Å². The van der Waals surface area contributed by atoms with Crippen LogP contribution < -0.4 is 15.8 Å². The molecule has 0 aliphatic heterocycles. The maximum atomic E-state index is 11.3. The van der Waals surface area contributed by atoms with E-state index in [-0.39, 0.29) is 16.5 Å². The van der Waals surface area contributed by atoms with Gasteiger partial charge >= 0.3 is 6.03 Å². The van der Waals surface area contributed by atoms with E-state index in [0.717, 1.165) is 0 Å². The van der Waals surface area contributed by atoms with Crippen LogP contribution in [0.3, 0.4) is 0 Å². The lowest BCUT2D eigenvalue weighted by atomic mass is 10.3. The highest BCUT2D eigenvalue weighted by molar-refractivity contribution is 7.89. The average Bonchev–Trinajstić information content (AvgIpc) is 2.27. The molecule has 7 nitrogen and oxygen atoms in total. The average molecular weight is 292 g/mol. The van der Waals surface area contributed by atoms with E-state index in [9.17, 15) is 18.0 Å². The van der Waals surface area contributed by atoms with Crippen molar-refractivity contribution < 1.29 is 18.0 Å². The van der Waals surface area contributed by atoms with Crippen molar-refractivity contribution in [3.05, 3.63) is 24.3 Å². The Morgan fingerprint density at radius 1 is 1.33 bits per heavy atom. The number of carbonyl (C=O) groups excluding carboxylic acids is 2. The molecule has 0 heterocycles. The maximum absolute atomic E-state index is 11.3. The topological polar surface area (TPSA) is 118 Å². The number of primary sulfonamides is 1. The Bertz CT molecular complexity index is 573. The molecule has 0 bridgehead atoms. The lowest BCUT2D eigenvalue weighted by Gasteiger charge is -2.06. The van der Waals surface area contributed by atoms with Crippen molar-refractivity contribution in [2.75, 3.05) is 11.2 Å². The summed E-state index contributed by atoms with van der Waals surface area (Å²) in [6, 6.07) is 4.48. The van der Waals surface area contributed by atoms with Gasteiger partial charge in [-0.15, -0.1) is 11.6 Å². The van der Waals surface area contributed by atoms with Crippen LogP contribution in [-0.2, 0) is 14.8 Å². The van der Waals surface area contributed by atoms with Crippen LogP contribution in [0.25, 0.3) is 0 Å². The molecule has 0 spiro atoms. The van der Waals surface area contributed by atoms with E-state index >= 15 is 0 Å². The summed E-state index contributed by atoms with van der Waals surface area (Å²) in [5.41, 5.74) is 0.182. The summed E-state index contributed by atoms with van der Waals surface area (Å²) in [7, 11) is -3.85. The number of amides is 3. The van der Waals surface area contributed by atoms with E-state index in [4.69, 9.17) is 16.7 Å². The molecular formula is C9H10ClN3O4S. The highest BCUT2D eigenvalue weighted by Crippen LogP contribution is 2.13. The zero-order chi connectivity index (χ0) is 13.8. The standard InChI is InChI=1S/C9H10ClN3O4S/c10-5-8(14)13-9(15)12-6-2-1-3-7(4-6)18(11,16)17/h1-4H,5H2,(H2,11,16,17)(H2,12,13,14,15). The molecule has 0 saturated carbocycles. The predicted molar refractivity (Wildman–Crippen MR) is 65.7 cm³/mol. The first-order valence-electron chi connectivity index (χ1n) is 4.62. The summed E-state index contributed by atoms with van der Waals surface area (Å²) in [5.74, 6) is -1.03. The Morgan fingerprint density at radius 2 is 2.00 bits per heavy atom. The molecular weight excluding hydrogens is 282 g/mol. The van der Waals surface area contributed by atoms with Gasteiger partial charge in [0.2, 0.25) is 15.9 Å². The number of rotatable bonds is 3. The zero-order valence-electron chi connectivity index (χ0n) is 9.01. The fraction of sp³-hybridized carbons (Fsp3) is 0.111. The Hall–Kier alpha value is -1.64. The van der Waals surface area contributed by atoms with Crippen LogP contribution in [0, 0.1) is 0 Å². The molecule has 1 aromatic carbocycles. The molecule has 9 heteroatoms. The molecule has 0 unspecified atom stereocenters. The number of hydrogen-bond donors (Lipinski definition) is 3. The molecule has 98 valence electrons. The number of urea groups is 1. The van der Waals surface area contributed by atoms with E-state index in [1.54, 1.807) is 0 Å². The number of carbonyl (C=O) groups is 2. The van der Waals surface area contributed by atoms with E-state index in [0.29, 0.717) is 0 Å². The molecule has 18 heavy (non-hydrogen) atoms. The number of nitrogens with two attached hydrogens (primary N) is 1. The van der Waals surface area contributed by atoms with Gasteiger partial charge in [-0.25, -0.2) is 18.4 Å². The van der Waals surface area contributed by atoms with E-state index in [2.05, 4.69) is 5.32 Å². The van der Waals surface area contributed by atoms with Crippen molar-refractivity contribution in [3.8, 4) is 0 Å². The molecule has 0 aliphatic rings. The van der Waals surface area contributed by atoms with Crippen LogP contribution in [0.2, 0.25) is 0 Å². The molecule has 0 aliphatic carbocycles. The van der Waals surface area contributed by atoms with Gasteiger partial charge in [0.15, 0.2) is 0 Å². The quantitative estimate of drug-likeness (QED) is 0.690. The van der Waals surface area contributed by atoms with Crippen molar-refractivity contribution in [3.63, 3.8) is 0 Å². The summed E-state index contributed by atoms with van der Waals surface area (Å²) in [5, 5.41) is 9.14. The molecule has 0 radical (unpaired) electrons. The lowest BCUT2D eigenvalue weighted by molar-refractivity contribution is -0.117. The van der Waals surface area contributed by atoms with E-state index in [1.807, 2.05) is 5.32 Å². The monoisotopic (exact) mass is 291 g/mol. The van der Waals surface area contributed by atoms with Crippen LogP contribution >= 0.6 is 11.6 Å². The van der Waals surface area contributed by atoms with Gasteiger partial charge in [0.05, 0.1) is 4.90 Å². The SMILES string of the molecule is NS(=O)(=O)c1cccc(NC(=O)NC(=O)CCl)c1. The number of sulfonamides is 1. The number of hydrogen-bond acceptors (Lipinski definition) is 4. The molecule has 1 rings (SSSR count). The van der Waals surface area contributed by atoms with Gasteiger partial charge in [0, 0.05) is 5.69 Å². The molecule has 3 amide bonds. The van der Waals surface area contributed by atoms with Crippen molar-refractivity contribution in [1.29, 1.82) is 0 Å². The summed E-state index contributed by atoms with van der Waals surface area (Å²) in [6.45, 7) is 0. The molecule has 0 atom stereocenters. The van der Waals surface area contributed by atoms with Crippen LogP contribution in [0.1, 0.15) is 0 Å². The fourth-order valence-electron chi connectivity index (χ4n) is 1.07. The number of imide groups is 1. The zero-order valence-corrected chi connectivity index (χ0v) is 10.6. The third-order valence-corrected chi connectivity index (χ3v) is 2.95. The highest BCUT2D eigenvalue weighted by atomic mass is 35.5. The minimum absolute atomic E-state index is 0.149. The lowest BCUT2D eigenvalue weighted by Crippen LogP contribution is -2.35. The van der Waals surface area contributed by atoms with Gasteiger partial charge in [-0.1, -0.05) is 6.07 Å². The Morgan fingerprint density at radius 3 is 2.56 bits per heavy atom.